The Kier molecular flexibility index (Phi) is 3.74. The van der Waals surface area contributed by atoms with Gasteiger partial charge in [0.05, 0.1) is 0 Å². The van der Waals surface area contributed by atoms with Gasteiger partial charge in [-0.1, -0.05) is 29.8 Å². The zero-order chi connectivity index (χ0) is 13.9. The Labute approximate surface area is 123 Å². The maximum atomic E-state index is 6.15. The fraction of sp³-hybridized carbons (Fsp3) is 0.333. The zero-order valence-electron chi connectivity index (χ0n) is 11.4. The molecule has 0 spiro atoms. The fourth-order valence-corrected chi connectivity index (χ4v) is 2.20. The monoisotopic (exact) mass is 288 g/mol. The normalized spacial score (nSPS) is 14.1. The molecule has 2 aromatic rings. The number of hydrogen-bond donors (Lipinski definition) is 2. The maximum Gasteiger partial charge on any atom is 0.132 e. The number of aryl methyl sites for hydroxylation is 1. The third-order valence-corrected chi connectivity index (χ3v) is 3.55. The second-order valence-electron chi connectivity index (χ2n) is 5.05. The minimum absolute atomic E-state index is 0.584. The van der Waals surface area contributed by atoms with Gasteiger partial charge in [-0.25, -0.2) is 9.97 Å². The average molecular weight is 289 g/mol. The summed E-state index contributed by atoms with van der Waals surface area (Å²) in [6.07, 6.45) is 2.46. The molecule has 0 saturated heterocycles. The van der Waals surface area contributed by atoms with Gasteiger partial charge < -0.3 is 10.6 Å². The number of nitrogens with one attached hydrogen (secondary N) is 2. The molecule has 0 unspecified atom stereocenters. The summed E-state index contributed by atoms with van der Waals surface area (Å²) in [6.45, 7) is 2.55. The number of aromatic nitrogens is 2. The standard InChI is InChI=1S/C15H17ClN4/c1-10-18-14(8-15(19-10)20-12-6-7-12)17-9-11-4-2-3-5-13(11)16/h2-5,8,12H,6-7,9H2,1H3,(H2,17,18,19,20). The molecule has 4 nitrogen and oxygen atoms in total. The molecule has 1 aliphatic rings. The van der Waals surface area contributed by atoms with E-state index >= 15 is 0 Å². The predicted molar refractivity (Wildman–Crippen MR) is 82.2 cm³/mol. The van der Waals surface area contributed by atoms with Crippen LogP contribution in [-0.2, 0) is 6.54 Å². The number of anilines is 2. The van der Waals surface area contributed by atoms with Crippen LogP contribution in [0.4, 0.5) is 11.6 Å². The summed E-state index contributed by atoms with van der Waals surface area (Å²) in [4.78, 5) is 8.80. The van der Waals surface area contributed by atoms with Gasteiger partial charge in [0, 0.05) is 23.7 Å². The lowest BCUT2D eigenvalue weighted by Gasteiger charge is -2.10. The van der Waals surface area contributed by atoms with Crippen molar-refractivity contribution in [2.75, 3.05) is 10.6 Å². The lowest BCUT2D eigenvalue weighted by atomic mass is 10.2. The zero-order valence-corrected chi connectivity index (χ0v) is 12.1. The number of benzene rings is 1. The molecule has 3 rings (SSSR count). The van der Waals surface area contributed by atoms with E-state index in [1.165, 1.54) is 12.8 Å². The maximum absolute atomic E-state index is 6.15. The van der Waals surface area contributed by atoms with E-state index < -0.39 is 0 Å². The fourth-order valence-electron chi connectivity index (χ4n) is 2.00. The number of nitrogens with zero attached hydrogens (tertiary/aromatic N) is 2. The first-order valence-corrected chi connectivity index (χ1v) is 7.18. The first kappa shape index (κ1) is 13.2. The smallest absolute Gasteiger partial charge is 0.132 e. The van der Waals surface area contributed by atoms with E-state index in [9.17, 15) is 0 Å². The van der Waals surface area contributed by atoms with Crippen molar-refractivity contribution in [1.29, 1.82) is 0 Å². The highest BCUT2D eigenvalue weighted by Gasteiger charge is 2.21. The van der Waals surface area contributed by atoms with Crippen LogP contribution in [-0.4, -0.2) is 16.0 Å². The van der Waals surface area contributed by atoms with Crippen LogP contribution in [0.15, 0.2) is 30.3 Å². The van der Waals surface area contributed by atoms with Crippen molar-refractivity contribution < 1.29 is 0 Å². The van der Waals surface area contributed by atoms with Gasteiger partial charge in [-0.15, -0.1) is 0 Å². The molecule has 0 atom stereocenters. The molecular weight excluding hydrogens is 272 g/mol. The summed E-state index contributed by atoms with van der Waals surface area (Å²) in [6, 6.07) is 10.3. The average Bonchev–Trinajstić information content (AvgIpc) is 3.21. The largest absolute Gasteiger partial charge is 0.367 e. The van der Waals surface area contributed by atoms with E-state index in [4.69, 9.17) is 11.6 Å². The minimum Gasteiger partial charge on any atom is -0.367 e. The molecule has 1 aromatic carbocycles. The third kappa shape index (κ3) is 3.39. The summed E-state index contributed by atoms with van der Waals surface area (Å²) in [5, 5.41) is 7.46. The predicted octanol–water partition coefficient (Wildman–Crippen LogP) is 3.62. The van der Waals surface area contributed by atoms with Gasteiger partial charge in [-0.2, -0.15) is 0 Å². The summed E-state index contributed by atoms with van der Waals surface area (Å²) in [5.74, 6) is 2.47. The van der Waals surface area contributed by atoms with Crippen molar-refractivity contribution in [1.82, 2.24) is 9.97 Å². The summed E-state index contributed by atoms with van der Waals surface area (Å²) in [7, 11) is 0. The molecule has 1 aromatic heterocycles. The van der Waals surface area contributed by atoms with Crippen LogP contribution >= 0.6 is 11.6 Å². The minimum atomic E-state index is 0.584. The summed E-state index contributed by atoms with van der Waals surface area (Å²) in [5.41, 5.74) is 1.06. The molecule has 1 heterocycles. The molecule has 0 amide bonds. The van der Waals surface area contributed by atoms with Gasteiger partial charge in [-0.05, 0) is 31.4 Å². The third-order valence-electron chi connectivity index (χ3n) is 3.19. The van der Waals surface area contributed by atoms with E-state index in [1.54, 1.807) is 0 Å². The number of rotatable bonds is 5. The van der Waals surface area contributed by atoms with Crippen LogP contribution in [0.3, 0.4) is 0 Å². The Balaban J connectivity index is 1.70. The van der Waals surface area contributed by atoms with Gasteiger partial charge in [0.25, 0.3) is 0 Å². The van der Waals surface area contributed by atoms with E-state index in [0.29, 0.717) is 12.6 Å². The molecule has 2 N–H and O–H groups in total. The molecule has 1 aliphatic carbocycles. The van der Waals surface area contributed by atoms with Gasteiger partial charge in [0.15, 0.2) is 0 Å². The van der Waals surface area contributed by atoms with Gasteiger partial charge in [0.2, 0.25) is 0 Å². The Morgan fingerprint density at radius 1 is 1.20 bits per heavy atom. The second kappa shape index (κ2) is 5.67. The van der Waals surface area contributed by atoms with Crippen LogP contribution in [0.5, 0.6) is 0 Å². The summed E-state index contributed by atoms with van der Waals surface area (Å²) >= 11 is 6.15. The molecule has 0 bridgehead atoms. The number of halogens is 1. The van der Waals surface area contributed by atoms with Gasteiger partial charge in [-0.3, -0.25) is 0 Å². The molecule has 0 aliphatic heterocycles. The van der Waals surface area contributed by atoms with Crippen molar-refractivity contribution in [2.45, 2.75) is 32.4 Å². The van der Waals surface area contributed by atoms with E-state index in [0.717, 1.165) is 28.0 Å². The van der Waals surface area contributed by atoms with Gasteiger partial charge in [0.1, 0.15) is 17.5 Å². The van der Waals surface area contributed by atoms with Gasteiger partial charge >= 0.3 is 0 Å². The molecule has 104 valence electrons. The van der Waals surface area contributed by atoms with E-state index in [2.05, 4.69) is 20.6 Å². The lowest BCUT2D eigenvalue weighted by molar-refractivity contribution is 1.00. The molecule has 0 radical (unpaired) electrons. The quantitative estimate of drug-likeness (QED) is 0.882. The molecule has 5 heteroatoms. The van der Waals surface area contributed by atoms with Crippen LogP contribution in [0.1, 0.15) is 24.2 Å². The van der Waals surface area contributed by atoms with Crippen LogP contribution in [0, 0.1) is 6.92 Å². The highest BCUT2D eigenvalue weighted by Crippen LogP contribution is 2.25. The molecular formula is C15H17ClN4. The molecule has 20 heavy (non-hydrogen) atoms. The van der Waals surface area contributed by atoms with Crippen molar-refractivity contribution in [2.24, 2.45) is 0 Å². The highest BCUT2D eigenvalue weighted by molar-refractivity contribution is 6.31. The second-order valence-corrected chi connectivity index (χ2v) is 5.46. The van der Waals surface area contributed by atoms with E-state index in [-0.39, 0.29) is 0 Å². The topological polar surface area (TPSA) is 49.8 Å². The van der Waals surface area contributed by atoms with Crippen LogP contribution < -0.4 is 10.6 Å². The van der Waals surface area contributed by atoms with Crippen molar-refractivity contribution in [3.8, 4) is 0 Å². The van der Waals surface area contributed by atoms with Crippen molar-refractivity contribution in [3.63, 3.8) is 0 Å². The Bertz CT molecular complexity index is 611. The van der Waals surface area contributed by atoms with Crippen molar-refractivity contribution >= 4 is 23.2 Å². The highest BCUT2D eigenvalue weighted by atomic mass is 35.5. The number of hydrogen-bond acceptors (Lipinski definition) is 4. The summed E-state index contributed by atoms with van der Waals surface area (Å²) < 4.78 is 0. The first-order chi connectivity index (χ1) is 9.70. The lowest BCUT2D eigenvalue weighted by Crippen LogP contribution is -2.08. The SMILES string of the molecule is Cc1nc(NCc2ccccc2Cl)cc(NC2CC2)n1. The van der Waals surface area contributed by atoms with Crippen LogP contribution in [0.25, 0.3) is 0 Å². The van der Waals surface area contributed by atoms with E-state index in [1.807, 2.05) is 37.3 Å². The Morgan fingerprint density at radius 3 is 2.70 bits per heavy atom. The Morgan fingerprint density at radius 2 is 1.95 bits per heavy atom. The Hall–Kier alpha value is -1.81. The first-order valence-electron chi connectivity index (χ1n) is 6.80. The molecule has 1 fully saturated rings. The molecule has 1 saturated carbocycles. The van der Waals surface area contributed by atoms with Crippen LogP contribution in [0.2, 0.25) is 5.02 Å². The van der Waals surface area contributed by atoms with Crippen molar-refractivity contribution in [3.05, 3.63) is 46.7 Å².